The van der Waals surface area contributed by atoms with Crippen LogP contribution in [-0.2, 0) is 0 Å². The van der Waals surface area contributed by atoms with Crippen molar-refractivity contribution in [2.75, 3.05) is 44.6 Å². The highest BCUT2D eigenvalue weighted by Gasteiger charge is 2.31. The van der Waals surface area contributed by atoms with Crippen LogP contribution in [0.25, 0.3) is 0 Å². The molecule has 0 spiro atoms. The molecule has 0 aromatic heterocycles. The van der Waals surface area contributed by atoms with Crippen LogP contribution in [0.5, 0.6) is 0 Å². The summed E-state index contributed by atoms with van der Waals surface area (Å²) in [5.41, 5.74) is 0.208. The van der Waals surface area contributed by atoms with Gasteiger partial charge >= 0.3 is 6.03 Å². The molecule has 2 N–H and O–H groups in total. The summed E-state index contributed by atoms with van der Waals surface area (Å²) in [5, 5.41) is 5.36. The van der Waals surface area contributed by atoms with Gasteiger partial charge in [-0.05, 0) is 12.1 Å². The van der Waals surface area contributed by atoms with Crippen molar-refractivity contribution in [1.82, 2.24) is 15.1 Å². The highest BCUT2D eigenvalue weighted by atomic mass is 19.1. The summed E-state index contributed by atoms with van der Waals surface area (Å²) in [4.78, 5) is 16.6. The van der Waals surface area contributed by atoms with Crippen molar-refractivity contribution >= 4 is 11.7 Å². The molecule has 3 fully saturated rings. The Hall–Kier alpha value is -1.66. The van der Waals surface area contributed by atoms with Crippen LogP contribution in [0.4, 0.5) is 14.9 Å². The number of halogens is 1. The smallest absolute Gasteiger partial charge is 0.319 e. The van der Waals surface area contributed by atoms with E-state index in [-0.39, 0.29) is 11.7 Å². The first-order valence-corrected chi connectivity index (χ1v) is 6.98. The zero-order valence-corrected chi connectivity index (χ0v) is 11.3. The Morgan fingerprint density at radius 1 is 1.25 bits per heavy atom. The second-order valence-corrected chi connectivity index (χ2v) is 5.31. The number of amides is 2. The molecule has 3 heterocycles. The van der Waals surface area contributed by atoms with Gasteiger partial charge in [0, 0.05) is 45.3 Å². The number of urea groups is 1. The Bertz CT molecular complexity index is 488. The molecule has 3 aliphatic rings. The predicted molar refractivity (Wildman–Crippen MR) is 75.2 cm³/mol. The largest absolute Gasteiger partial charge is 0.336 e. The fraction of sp³-hybridized carbons (Fsp3) is 0.500. The van der Waals surface area contributed by atoms with E-state index in [9.17, 15) is 9.18 Å². The average molecular weight is 278 g/mol. The average Bonchev–Trinajstić information content (AvgIpc) is 2.49. The number of para-hydroxylation sites is 1. The summed E-state index contributed by atoms with van der Waals surface area (Å²) < 4.78 is 13.4. The van der Waals surface area contributed by atoms with Crippen LogP contribution in [-0.4, -0.2) is 61.1 Å². The number of hydrogen-bond donors (Lipinski definition) is 2. The van der Waals surface area contributed by atoms with E-state index in [1.54, 1.807) is 18.2 Å². The number of carbonyl (C=O) groups is 1. The van der Waals surface area contributed by atoms with Gasteiger partial charge in [-0.15, -0.1) is 0 Å². The van der Waals surface area contributed by atoms with Gasteiger partial charge in [-0.25, -0.2) is 9.18 Å². The Morgan fingerprint density at radius 2 is 2.00 bits per heavy atom. The molecule has 1 unspecified atom stereocenters. The number of piperazine rings is 3. The zero-order chi connectivity index (χ0) is 13.9. The van der Waals surface area contributed by atoms with Crippen LogP contribution in [0.15, 0.2) is 24.3 Å². The lowest BCUT2D eigenvalue weighted by molar-refractivity contribution is 0.0149. The molecule has 0 saturated carbocycles. The number of carbonyl (C=O) groups excluding carboxylic acids is 1. The first-order chi connectivity index (χ1) is 9.72. The molecule has 1 aromatic rings. The summed E-state index contributed by atoms with van der Waals surface area (Å²) in [6, 6.07) is 6.18. The third-order valence-electron chi connectivity index (χ3n) is 4.01. The molecule has 6 heteroatoms. The number of hydrogen-bond acceptors (Lipinski definition) is 3. The van der Waals surface area contributed by atoms with Crippen molar-refractivity contribution in [3.05, 3.63) is 30.1 Å². The normalized spacial score (nSPS) is 28.1. The van der Waals surface area contributed by atoms with Crippen molar-refractivity contribution in [2.24, 2.45) is 0 Å². The van der Waals surface area contributed by atoms with E-state index in [0.29, 0.717) is 12.6 Å². The lowest BCUT2D eigenvalue weighted by Gasteiger charge is -2.47. The van der Waals surface area contributed by atoms with Crippen LogP contribution in [0.3, 0.4) is 0 Å². The minimum Gasteiger partial charge on any atom is -0.336 e. The van der Waals surface area contributed by atoms with E-state index in [2.05, 4.69) is 20.4 Å². The first kappa shape index (κ1) is 13.3. The second kappa shape index (κ2) is 5.76. The molecular formula is C14H19FN4O. The fourth-order valence-corrected chi connectivity index (χ4v) is 2.86. The third kappa shape index (κ3) is 2.91. The first-order valence-electron chi connectivity index (χ1n) is 6.98. The van der Waals surface area contributed by atoms with E-state index < -0.39 is 5.82 Å². The lowest BCUT2D eigenvalue weighted by atomic mass is 10.1. The van der Waals surface area contributed by atoms with Crippen molar-refractivity contribution in [3.8, 4) is 0 Å². The van der Waals surface area contributed by atoms with Gasteiger partial charge in [0.15, 0.2) is 0 Å². The summed E-state index contributed by atoms with van der Waals surface area (Å²) in [7, 11) is 0. The van der Waals surface area contributed by atoms with Gasteiger partial charge in [0.25, 0.3) is 0 Å². The number of fused-ring (bicyclic) bond motifs is 3. The molecule has 20 heavy (non-hydrogen) atoms. The number of anilines is 1. The number of nitrogens with zero attached hydrogens (tertiary/aromatic N) is 2. The van der Waals surface area contributed by atoms with E-state index >= 15 is 0 Å². The van der Waals surface area contributed by atoms with Crippen LogP contribution in [0.1, 0.15) is 0 Å². The number of rotatable bonds is 3. The van der Waals surface area contributed by atoms with Crippen molar-refractivity contribution < 1.29 is 9.18 Å². The summed E-state index contributed by atoms with van der Waals surface area (Å²) in [6.45, 7) is 5.98. The van der Waals surface area contributed by atoms with Gasteiger partial charge in [-0.3, -0.25) is 9.80 Å². The van der Waals surface area contributed by atoms with Gasteiger partial charge in [0.2, 0.25) is 0 Å². The topological polar surface area (TPSA) is 47.6 Å². The Morgan fingerprint density at radius 3 is 2.65 bits per heavy atom. The van der Waals surface area contributed by atoms with E-state index in [1.165, 1.54) is 6.07 Å². The standard InChI is InChI=1S/C14H19FN4O/c15-12-3-1-2-4-13(12)17-14(20)16-9-11-10-18-5-7-19(11)8-6-18/h1-4,11H,5-10H2,(H2,16,17,20). The number of nitrogens with one attached hydrogen (secondary N) is 2. The molecule has 5 nitrogen and oxygen atoms in total. The molecule has 3 saturated heterocycles. The summed E-state index contributed by atoms with van der Waals surface area (Å²) >= 11 is 0. The van der Waals surface area contributed by atoms with Crippen LogP contribution in [0.2, 0.25) is 0 Å². The molecule has 0 radical (unpaired) electrons. The maximum absolute atomic E-state index is 13.4. The molecule has 2 bridgehead atoms. The van der Waals surface area contributed by atoms with Gasteiger partial charge in [-0.2, -0.15) is 0 Å². The second-order valence-electron chi connectivity index (χ2n) is 5.31. The molecule has 4 rings (SSSR count). The van der Waals surface area contributed by atoms with E-state index in [1.807, 2.05) is 0 Å². The van der Waals surface area contributed by atoms with Crippen molar-refractivity contribution in [1.29, 1.82) is 0 Å². The molecule has 1 atom stereocenters. The zero-order valence-electron chi connectivity index (χ0n) is 11.3. The number of benzene rings is 1. The summed E-state index contributed by atoms with van der Waals surface area (Å²) in [6.07, 6.45) is 0. The minimum absolute atomic E-state index is 0.208. The highest BCUT2D eigenvalue weighted by Crippen LogP contribution is 2.15. The van der Waals surface area contributed by atoms with Gasteiger partial charge in [-0.1, -0.05) is 12.1 Å². The minimum atomic E-state index is -0.422. The Kier molecular flexibility index (Phi) is 3.84. The maximum atomic E-state index is 13.4. The quantitative estimate of drug-likeness (QED) is 0.865. The lowest BCUT2D eigenvalue weighted by Crippen LogP contribution is -2.63. The molecule has 2 amide bonds. The summed E-state index contributed by atoms with van der Waals surface area (Å²) in [5.74, 6) is -0.422. The maximum Gasteiger partial charge on any atom is 0.319 e. The van der Waals surface area contributed by atoms with Gasteiger partial charge < -0.3 is 10.6 Å². The van der Waals surface area contributed by atoms with Crippen molar-refractivity contribution in [2.45, 2.75) is 6.04 Å². The monoisotopic (exact) mass is 278 g/mol. The van der Waals surface area contributed by atoms with Crippen molar-refractivity contribution in [3.63, 3.8) is 0 Å². The molecule has 108 valence electrons. The Labute approximate surface area is 117 Å². The molecule has 3 aliphatic heterocycles. The van der Waals surface area contributed by atoms with Crippen LogP contribution >= 0.6 is 0 Å². The van der Waals surface area contributed by atoms with Gasteiger partial charge in [0.05, 0.1) is 5.69 Å². The van der Waals surface area contributed by atoms with E-state index in [4.69, 9.17) is 0 Å². The van der Waals surface area contributed by atoms with Gasteiger partial charge in [0.1, 0.15) is 5.82 Å². The molecular weight excluding hydrogens is 259 g/mol. The highest BCUT2D eigenvalue weighted by molar-refractivity contribution is 5.89. The molecule has 0 aliphatic carbocycles. The molecule has 1 aromatic carbocycles. The fourth-order valence-electron chi connectivity index (χ4n) is 2.86. The van der Waals surface area contributed by atoms with Crippen LogP contribution < -0.4 is 10.6 Å². The third-order valence-corrected chi connectivity index (χ3v) is 4.01. The van der Waals surface area contributed by atoms with Crippen LogP contribution in [0, 0.1) is 5.82 Å². The predicted octanol–water partition coefficient (Wildman–Crippen LogP) is 0.947. The van der Waals surface area contributed by atoms with E-state index in [0.717, 1.165) is 32.7 Å². The Balaban J connectivity index is 1.49. The SMILES string of the molecule is O=C(NCC1CN2CCN1CC2)Nc1ccccc1F.